The van der Waals surface area contributed by atoms with Gasteiger partial charge in [-0.15, -0.1) is 10.2 Å². The first-order valence-electron chi connectivity index (χ1n) is 14.8. The summed E-state index contributed by atoms with van der Waals surface area (Å²) in [5, 5.41) is 15.2. The van der Waals surface area contributed by atoms with E-state index in [1.807, 2.05) is 6.07 Å². The van der Waals surface area contributed by atoms with Gasteiger partial charge in [-0.2, -0.15) is 0 Å². The van der Waals surface area contributed by atoms with Crippen molar-refractivity contribution in [1.82, 2.24) is 34.9 Å². The fourth-order valence-electron chi connectivity index (χ4n) is 6.52. The number of likely N-dealkylation sites (tertiary alicyclic amines) is 1. The van der Waals surface area contributed by atoms with Crippen LogP contribution >= 0.6 is 0 Å². The number of para-hydroxylation sites is 3. The average Bonchev–Trinajstić information content (AvgIpc) is 3.77. The Morgan fingerprint density at radius 3 is 2.17 bits per heavy atom. The summed E-state index contributed by atoms with van der Waals surface area (Å²) in [5.41, 5.74) is 5.93. The Hall–Kier alpha value is -4.69. The Kier molecular flexibility index (Phi) is 7.28. The second-order valence-electron chi connectivity index (χ2n) is 11.2. The number of benzene rings is 3. The Morgan fingerprint density at radius 1 is 0.810 bits per heavy atom. The molecule has 0 bridgehead atoms. The second-order valence-corrected chi connectivity index (χ2v) is 11.2. The molecule has 212 valence electrons. The predicted molar refractivity (Wildman–Crippen MR) is 166 cm³/mol. The number of amides is 1. The maximum absolute atomic E-state index is 11.1. The second kappa shape index (κ2) is 11.7. The first-order valence-corrected chi connectivity index (χ1v) is 14.8. The van der Waals surface area contributed by atoms with E-state index in [4.69, 9.17) is 10.2 Å². The van der Waals surface area contributed by atoms with Gasteiger partial charge in [0.2, 0.25) is 6.41 Å². The van der Waals surface area contributed by atoms with Crippen molar-refractivity contribution in [3.05, 3.63) is 114 Å². The lowest BCUT2D eigenvalue weighted by molar-refractivity contribution is -0.110. The summed E-state index contributed by atoms with van der Waals surface area (Å²) in [4.78, 5) is 20.5. The number of aromatic nitrogens is 5. The number of carbonyl (C=O) groups is 1. The number of aromatic amines is 2. The van der Waals surface area contributed by atoms with Crippen molar-refractivity contribution >= 4 is 28.2 Å². The van der Waals surface area contributed by atoms with Crippen LogP contribution in [0.3, 0.4) is 0 Å². The highest BCUT2D eigenvalue weighted by Crippen LogP contribution is 2.32. The van der Waals surface area contributed by atoms with Crippen LogP contribution in [0.25, 0.3) is 27.5 Å². The minimum atomic E-state index is 0.0240. The number of carbonyl (C=O) groups excluding carboxylic acids is 1. The van der Waals surface area contributed by atoms with Crippen molar-refractivity contribution in [2.45, 2.75) is 44.2 Å². The summed E-state index contributed by atoms with van der Waals surface area (Å²) < 4.78 is 2.28. The summed E-state index contributed by atoms with van der Waals surface area (Å²) in [6.07, 6.45) is 9.36. The molecule has 0 radical (unpaired) electrons. The molecule has 1 aliphatic heterocycles. The minimum Gasteiger partial charge on any atom is -0.361 e. The van der Waals surface area contributed by atoms with Crippen LogP contribution in [-0.2, 0) is 24.1 Å². The summed E-state index contributed by atoms with van der Waals surface area (Å²) >= 11 is 0. The number of fused-ring (bicyclic) bond motifs is 2. The van der Waals surface area contributed by atoms with Gasteiger partial charge in [0.05, 0.1) is 6.04 Å². The number of piperidine rings is 1. The molecule has 4 heterocycles. The molecule has 6 aromatic rings. The molecule has 1 amide bonds. The number of nitrogens with zero attached hydrogens (tertiary/aromatic N) is 4. The molecule has 42 heavy (non-hydrogen) atoms. The highest BCUT2D eigenvalue weighted by molar-refractivity contribution is 5.83. The third-order valence-electron chi connectivity index (χ3n) is 8.72. The zero-order valence-corrected chi connectivity index (χ0v) is 23.5. The third-order valence-corrected chi connectivity index (χ3v) is 8.72. The third kappa shape index (κ3) is 5.10. The molecule has 1 aliphatic rings. The Balaban J connectivity index is 1.27. The molecular formula is C34H35N7O. The number of aryl methyl sites for hydroxylation is 2. The molecule has 3 aromatic heterocycles. The van der Waals surface area contributed by atoms with Crippen molar-refractivity contribution in [3.63, 3.8) is 0 Å². The Morgan fingerprint density at radius 2 is 1.45 bits per heavy atom. The number of hydrogen-bond acceptors (Lipinski definition) is 4. The average molecular weight is 558 g/mol. The van der Waals surface area contributed by atoms with Crippen LogP contribution in [-0.4, -0.2) is 55.2 Å². The summed E-state index contributed by atoms with van der Waals surface area (Å²) in [6, 6.07) is 27.7. The van der Waals surface area contributed by atoms with E-state index in [0.29, 0.717) is 0 Å². The quantitative estimate of drug-likeness (QED) is 0.194. The Bertz CT molecular complexity index is 1790. The number of hydrogen-bond donors (Lipinski definition) is 3. The predicted octanol–water partition coefficient (Wildman–Crippen LogP) is 5.51. The number of rotatable bonds is 10. The van der Waals surface area contributed by atoms with Gasteiger partial charge in [0.25, 0.3) is 0 Å². The summed E-state index contributed by atoms with van der Waals surface area (Å²) in [6.45, 7) is 1.76. The maximum atomic E-state index is 11.1. The van der Waals surface area contributed by atoms with Crippen LogP contribution in [0.15, 0.2) is 91.3 Å². The minimum absolute atomic E-state index is 0.0240. The lowest BCUT2D eigenvalue weighted by Crippen LogP contribution is -2.44. The van der Waals surface area contributed by atoms with E-state index in [9.17, 15) is 4.79 Å². The largest absolute Gasteiger partial charge is 0.361 e. The monoisotopic (exact) mass is 557 g/mol. The van der Waals surface area contributed by atoms with Crippen LogP contribution in [0.5, 0.6) is 0 Å². The molecule has 0 saturated carbocycles. The van der Waals surface area contributed by atoms with Crippen molar-refractivity contribution in [2.75, 3.05) is 13.1 Å². The van der Waals surface area contributed by atoms with E-state index in [2.05, 4.69) is 110 Å². The zero-order chi connectivity index (χ0) is 28.3. The van der Waals surface area contributed by atoms with Gasteiger partial charge in [0, 0.05) is 65.4 Å². The van der Waals surface area contributed by atoms with Gasteiger partial charge in [-0.3, -0.25) is 14.3 Å². The summed E-state index contributed by atoms with van der Waals surface area (Å²) in [5.74, 6) is 1.92. The molecule has 8 nitrogen and oxygen atoms in total. The van der Waals surface area contributed by atoms with Crippen molar-refractivity contribution in [1.29, 1.82) is 0 Å². The molecule has 1 fully saturated rings. The summed E-state index contributed by atoms with van der Waals surface area (Å²) in [7, 11) is 0. The van der Waals surface area contributed by atoms with Gasteiger partial charge in [-0.25, -0.2) is 0 Å². The number of nitrogens with one attached hydrogen (secondary N) is 3. The van der Waals surface area contributed by atoms with Crippen LogP contribution in [0.4, 0.5) is 0 Å². The molecule has 1 saturated heterocycles. The highest BCUT2D eigenvalue weighted by Gasteiger charge is 2.31. The van der Waals surface area contributed by atoms with Gasteiger partial charge in [-0.05, 0) is 61.1 Å². The molecule has 0 unspecified atom stereocenters. The zero-order valence-electron chi connectivity index (χ0n) is 23.5. The maximum Gasteiger partial charge on any atom is 0.207 e. The van der Waals surface area contributed by atoms with Crippen LogP contribution < -0.4 is 5.32 Å². The highest BCUT2D eigenvalue weighted by atomic mass is 16.1. The van der Waals surface area contributed by atoms with Gasteiger partial charge in [0.1, 0.15) is 5.82 Å². The van der Waals surface area contributed by atoms with Crippen molar-refractivity contribution < 1.29 is 4.79 Å². The SMILES string of the molecule is O=CNC1CCN([C@H](Cc2c[nH]c3ccccc23)c2nnc(CCc3c[nH]c4ccccc34)n2-c2ccccc2)CC1. The van der Waals surface area contributed by atoms with Crippen LogP contribution in [0, 0.1) is 0 Å². The van der Waals surface area contributed by atoms with Crippen molar-refractivity contribution in [2.24, 2.45) is 0 Å². The van der Waals surface area contributed by atoms with E-state index >= 15 is 0 Å². The molecule has 3 aromatic carbocycles. The first kappa shape index (κ1) is 26.2. The first-order chi connectivity index (χ1) is 20.8. The molecular weight excluding hydrogens is 522 g/mol. The number of H-pyrrole nitrogens is 2. The van der Waals surface area contributed by atoms with E-state index in [1.165, 1.54) is 21.9 Å². The topological polar surface area (TPSA) is 94.6 Å². The van der Waals surface area contributed by atoms with Gasteiger partial charge in [0.15, 0.2) is 5.82 Å². The molecule has 0 spiro atoms. The van der Waals surface area contributed by atoms with Crippen LogP contribution in [0.2, 0.25) is 0 Å². The Labute approximate surface area is 244 Å². The smallest absolute Gasteiger partial charge is 0.207 e. The van der Waals surface area contributed by atoms with E-state index < -0.39 is 0 Å². The van der Waals surface area contributed by atoms with E-state index in [0.717, 1.165) is 80.0 Å². The normalized spacial score (nSPS) is 15.3. The molecule has 0 aliphatic carbocycles. The van der Waals surface area contributed by atoms with E-state index in [-0.39, 0.29) is 12.1 Å². The fraction of sp³-hybridized carbons (Fsp3) is 0.265. The van der Waals surface area contributed by atoms with Gasteiger partial charge >= 0.3 is 0 Å². The lowest BCUT2D eigenvalue weighted by Gasteiger charge is -2.37. The lowest BCUT2D eigenvalue weighted by atomic mass is 9.98. The van der Waals surface area contributed by atoms with Crippen molar-refractivity contribution in [3.8, 4) is 5.69 Å². The molecule has 1 atom stereocenters. The van der Waals surface area contributed by atoms with Gasteiger partial charge in [-0.1, -0.05) is 54.6 Å². The standard InChI is InChI=1S/C34H35N7O/c42-23-37-26-16-18-40(19-17-26)32(20-25-22-36-31-13-7-5-11-29(25)31)34-39-38-33(41(34)27-8-2-1-3-9-27)15-14-24-21-35-30-12-6-4-10-28(24)30/h1-13,21-23,26,32,35-36H,14-20H2,(H,37,42)/t32-/m1/s1. The fourth-order valence-corrected chi connectivity index (χ4v) is 6.52. The molecule has 8 heteroatoms. The molecule has 3 N–H and O–H groups in total. The molecule has 7 rings (SSSR count). The van der Waals surface area contributed by atoms with Crippen LogP contribution in [0.1, 0.15) is 41.7 Å². The van der Waals surface area contributed by atoms with Gasteiger partial charge < -0.3 is 15.3 Å². The van der Waals surface area contributed by atoms with E-state index in [1.54, 1.807) is 0 Å².